The van der Waals surface area contributed by atoms with Crippen molar-refractivity contribution in [1.29, 1.82) is 0 Å². The molecular weight excluding hydrogens is 456 g/mol. The minimum atomic E-state index is -0.683. The predicted octanol–water partition coefficient (Wildman–Crippen LogP) is 4.15. The summed E-state index contributed by atoms with van der Waals surface area (Å²) in [6, 6.07) is 11.2. The van der Waals surface area contributed by atoms with Gasteiger partial charge in [0.1, 0.15) is 0 Å². The number of nitrogens with one attached hydrogen (secondary N) is 1. The van der Waals surface area contributed by atoms with E-state index in [1.165, 1.54) is 22.6 Å². The van der Waals surface area contributed by atoms with Gasteiger partial charge in [0.25, 0.3) is 5.91 Å². The van der Waals surface area contributed by atoms with Crippen LogP contribution >= 0.6 is 11.6 Å². The Kier molecular flexibility index (Phi) is 5.52. The first-order chi connectivity index (χ1) is 16.2. The second-order valence-corrected chi connectivity index (χ2v) is 9.52. The Morgan fingerprint density at radius 3 is 2.47 bits per heavy atom. The number of allylic oxidation sites excluding steroid dienone is 2. The summed E-state index contributed by atoms with van der Waals surface area (Å²) in [4.78, 5) is 51.8. The number of carbonyl (C=O) groups is 4. The second-order valence-electron chi connectivity index (χ2n) is 9.12. The highest BCUT2D eigenvalue weighted by Crippen LogP contribution is 2.55. The van der Waals surface area contributed by atoms with Gasteiger partial charge in [0, 0.05) is 10.7 Å². The van der Waals surface area contributed by atoms with E-state index in [0.717, 1.165) is 12.0 Å². The van der Waals surface area contributed by atoms with E-state index in [1.54, 1.807) is 30.3 Å². The lowest BCUT2D eigenvalue weighted by Crippen LogP contribution is -2.33. The fourth-order valence-electron chi connectivity index (χ4n) is 5.36. The van der Waals surface area contributed by atoms with Crippen molar-refractivity contribution in [3.05, 3.63) is 70.3 Å². The van der Waals surface area contributed by atoms with Crippen molar-refractivity contribution < 1.29 is 23.9 Å². The largest absolute Gasteiger partial charge is 0.452 e. The molecule has 8 heteroatoms. The van der Waals surface area contributed by atoms with Crippen LogP contribution in [0.25, 0.3) is 0 Å². The molecule has 0 unspecified atom stereocenters. The van der Waals surface area contributed by atoms with Crippen LogP contribution in [0.1, 0.15) is 29.3 Å². The number of hydrogen-bond acceptors (Lipinski definition) is 5. The minimum absolute atomic E-state index is 0.132. The molecule has 0 radical (unpaired) electrons. The van der Waals surface area contributed by atoms with Crippen LogP contribution in [0.15, 0.2) is 54.1 Å². The molecule has 174 valence electrons. The number of aryl methyl sites for hydroxylation is 1. The highest BCUT2D eigenvalue weighted by Gasteiger charge is 2.60. The van der Waals surface area contributed by atoms with Crippen LogP contribution < -0.4 is 10.2 Å². The van der Waals surface area contributed by atoms with Gasteiger partial charge in [0.15, 0.2) is 6.61 Å². The molecule has 5 rings (SSSR count). The maximum atomic E-state index is 13.1. The van der Waals surface area contributed by atoms with Crippen molar-refractivity contribution in [3.63, 3.8) is 0 Å². The number of rotatable bonds is 5. The number of anilines is 2. The van der Waals surface area contributed by atoms with E-state index in [1.807, 2.05) is 13.8 Å². The van der Waals surface area contributed by atoms with Gasteiger partial charge in [-0.05, 0) is 74.1 Å². The van der Waals surface area contributed by atoms with E-state index in [4.69, 9.17) is 16.3 Å². The van der Waals surface area contributed by atoms with Crippen LogP contribution in [0.5, 0.6) is 0 Å². The van der Waals surface area contributed by atoms with Gasteiger partial charge in [-0.2, -0.15) is 0 Å². The summed E-state index contributed by atoms with van der Waals surface area (Å²) < 4.78 is 5.09. The summed E-state index contributed by atoms with van der Waals surface area (Å²) in [5, 5.41) is 3.14. The molecule has 0 spiro atoms. The number of carbonyl (C=O) groups excluding carboxylic acids is 4. The second kappa shape index (κ2) is 8.40. The van der Waals surface area contributed by atoms with E-state index >= 15 is 0 Å². The predicted molar refractivity (Wildman–Crippen MR) is 126 cm³/mol. The van der Waals surface area contributed by atoms with Crippen molar-refractivity contribution in [2.75, 3.05) is 16.8 Å². The fourth-order valence-corrected chi connectivity index (χ4v) is 5.54. The van der Waals surface area contributed by atoms with Gasteiger partial charge in [-0.25, -0.2) is 4.79 Å². The first-order valence-electron chi connectivity index (χ1n) is 11.1. The zero-order chi connectivity index (χ0) is 24.1. The number of esters is 1. The lowest BCUT2D eigenvalue weighted by molar-refractivity contribution is -0.123. The maximum absolute atomic E-state index is 13.1. The normalized spacial score (nSPS) is 24.8. The Morgan fingerprint density at radius 1 is 1.06 bits per heavy atom. The van der Waals surface area contributed by atoms with Crippen LogP contribution in [-0.4, -0.2) is 30.3 Å². The standard InChI is InChI=1S/C26H23ClN2O5/c1-13-3-6-17(11-20(13)27)28-21(30)12-34-26(33)15-4-7-18(8-5-15)29-24(31)22-16-9-14(2)19(10-16)23(22)25(29)32/h3-9,11,16,19,22-23H,10,12H2,1-2H3,(H,28,30)/t16-,19+,22+,23+/m0/s1. The summed E-state index contributed by atoms with van der Waals surface area (Å²) in [5.74, 6) is -1.81. The summed E-state index contributed by atoms with van der Waals surface area (Å²) in [6.07, 6.45) is 3.00. The van der Waals surface area contributed by atoms with Crippen LogP contribution in [0.4, 0.5) is 11.4 Å². The van der Waals surface area contributed by atoms with E-state index in [-0.39, 0.29) is 41.0 Å². The molecule has 2 fully saturated rings. The molecule has 2 bridgehead atoms. The van der Waals surface area contributed by atoms with Gasteiger partial charge in [0.2, 0.25) is 11.8 Å². The molecule has 2 aliphatic carbocycles. The number of nitrogens with zero attached hydrogens (tertiary/aromatic N) is 1. The average Bonchev–Trinajstić information content (AvgIpc) is 3.45. The van der Waals surface area contributed by atoms with Crippen LogP contribution in [0, 0.1) is 30.6 Å². The summed E-state index contributed by atoms with van der Waals surface area (Å²) >= 11 is 6.05. The zero-order valence-electron chi connectivity index (χ0n) is 18.7. The third kappa shape index (κ3) is 3.70. The third-order valence-corrected chi connectivity index (χ3v) is 7.44. The maximum Gasteiger partial charge on any atom is 0.338 e. The van der Waals surface area contributed by atoms with Crippen molar-refractivity contribution in [2.45, 2.75) is 20.3 Å². The number of ether oxygens (including phenoxy) is 1. The summed E-state index contributed by atoms with van der Waals surface area (Å²) in [7, 11) is 0. The van der Waals surface area contributed by atoms with Gasteiger partial charge in [-0.3, -0.25) is 19.3 Å². The van der Waals surface area contributed by atoms with Crippen LogP contribution in [0.3, 0.4) is 0 Å². The molecule has 0 aromatic heterocycles. The Hall–Kier alpha value is -3.45. The molecule has 1 heterocycles. The Bertz CT molecular complexity index is 1250. The van der Waals surface area contributed by atoms with Gasteiger partial charge in [0.05, 0.1) is 23.1 Å². The number of benzene rings is 2. The smallest absolute Gasteiger partial charge is 0.338 e. The number of imide groups is 1. The molecule has 3 amide bonds. The first kappa shape index (κ1) is 22.3. The van der Waals surface area contributed by atoms with E-state index < -0.39 is 18.5 Å². The van der Waals surface area contributed by atoms with E-state index in [2.05, 4.69) is 11.4 Å². The van der Waals surface area contributed by atoms with Crippen molar-refractivity contribution in [2.24, 2.45) is 23.7 Å². The molecule has 1 aliphatic heterocycles. The molecule has 1 saturated heterocycles. The Labute approximate surface area is 201 Å². The van der Waals surface area contributed by atoms with Crippen LogP contribution in [-0.2, 0) is 19.1 Å². The fraction of sp³-hybridized carbons (Fsp3) is 0.308. The molecule has 1 saturated carbocycles. The number of hydrogen-bond donors (Lipinski definition) is 1. The molecule has 34 heavy (non-hydrogen) atoms. The minimum Gasteiger partial charge on any atom is -0.452 e. The van der Waals surface area contributed by atoms with Gasteiger partial charge < -0.3 is 10.1 Å². The zero-order valence-corrected chi connectivity index (χ0v) is 19.5. The topological polar surface area (TPSA) is 92.8 Å². The Balaban J connectivity index is 1.20. The monoisotopic (exact) mass is 478 g/mol. The lowest BCUT2D eigenvalue weighted by atomic mass is 9.82. The average molecular weight is 479 g/mol. The molecule has 2 aromatic carbocycles. The molecule has 1 N–H and O–H groups in total. The van der Waals surface area contributed by atoms with Gasteiger partial charge in [-0.15, -0.1) is 0 Å². The lowest BCUT2D eigenvalue weighted by Gasteiger charge is -2.19. The molecule has 4 atom stereocenters. The highest BCUT2D eigenvalue weighted by atomic mass is 35.5. The SMILES string of the molecule is CC1=C[C@H]2C[C@H]1[C@H]1C(=O)N(c3ccc(C(=O)OCC(=O)Nc4ccc(C)c(Cl)c4)cc3)C(=O)[C@@H]12. The number of halogens is 1. The van der Waals surface area contributed by atoms with Gasteiger partial charge in [-0.1, -0.05) is 29.3 Å². The number of amides is 3. The van der Waals surface area contributed by atoms with Crippen LogP contribution in [0.2, 0.25) is 5.02 Å². The van der Waals surface area contributed by atoms with E-state index in [0.29, 0.717) is 16.4 Å². The Morgan fingerprint density at radius 2 is 1.76 bits per heavy atom. The van der Waals surface area contributed by atoms with Gasteiger partial charge >= 0.3 is 5.97 Å². The quantitative estimate of drug-likeness (QED) is 0.396. The van der Waals surface area contributed by atoms with E-state index in [9.17, 15) is 19.2 Å². The number of fused-ring (bicyclic) bond motifs is 5. The first-order valence-corrected chi connectivity index (χ1v) is 11.5. The molecule has 7 nitrogen and oxygen atoms in total. The van der Waals surface area contributed by atoms with Crippen molar-refractivity contribution >= 4 is 46.7 Å². The van der Waals surface area contributed by atoms with Crippen molar-refractivity contribution in [1.82, 2.24) is 0 Å². The summed E-state index contributed by atoms with van der Waals surface area (Å²) in [5.41, 5.74) is 3.24. The summed E-state index contributed by atoms with van der Waals surface area (Å²) in [6.45, 7) is 3.41. The molecular formula is C26H23ClN2O5. The third-order valence-electron chi connectivity index (χ3n) is 7.03. The van der Waals surface area contributed by atoms with Crippen molar-refractivity contribution in [3.8, 4) is 0 Å². The molecule has 2 aromatic rings. The molecule has 3 aliphatic rings. The highest BCUT2D eigenvalue weighted by molar-refractivity contribution is 6.31.